The van der Waals surface area contributed by atoms with Crippen molar-refractivity contribution in [3.63, 3.8) is 0 Å². The molecule has 0 N–H and O–H groups in total. The Morgan fingerprint density at radius 3 is 2.53 bits per heavy atom. The zero-order chi connectivity index (χ0) is 12.6. The lowest BCUT2D eigenvalue weighted by Crippen LogP contribution is -2.24. The van der Waals surface area contributed by atoms with Crippen LogP contribution in [0.25, 0.3) is 0 Å². The van der Waals surface area contributed by atoms with Crippen LogP contribution in [0.4, 0.5) is 5.82 Å². The average molecular weight is 254 g/mol. The summed E-state index contributed by atoms with van der Waals surface area (Å²) in [4.78, 5) is 19.8. The van der Waals surface area contributed by atoms with Crippen molar-refractivity contribution in [1.29, 1.82) is 0 Å². The molecule has 0 saturated heterocycles. The van der Waals surface area contributed by atoms with Gasteiger partial charge in [-0.05, 0) is 25.0 Å². The van der Waals surface area contributed by atoms with Gasteiger partial charge in [0.15, 0.2) is 0 Å². The molecular weight excluding hydrogens is 238 g/mol. The van der Waals surface area contributed by atoms with E-state index in [0.717, 1.165) is 5.82 Å². The first-order valence-corrected chi connectivity index (χ1v) is 5.99. The van der Waals surface area contributed by atoms with Gasteiger partial charge in [0.1, 0.15) is 11.0 Å². The second-order valence-corrected chi connectivity index (χ2v) is 4.97. The molecule has 17 heavy (non-hydrogen) atoms. The normalized spacial score (nSPS) is 14.6. The Balaban J connectivity index is 2.31. The standard InChI is InChI=1S/C12H16ClN3O/c1-15(2)12(17)8-6-10(13)14-11(7-8)16(3)9-4-5-9/h6-7,9H,4-5H2,1-3H3. The topological polar surface area (TPSA) is 36.4 Å². The molecular formula is C12H16ClN3O. The summed E-state index contributed by atoms with van der Waals surface area (Å²) in [5.74, 6) is 0.713. The summed E-state index contributed by atoms with van der Waals surface area (Å²) in [6.07, 6.45) is 2.36. The highest BCUT2D eigenvalue weighted by Gasteiger charge is 2.27. The predicted molar refractivity (Wildman–Crippen MR) is 68.7 cm³/mol. The van der Waals surface area contributed by atoms with Crippen LogP contribution < -0.4 is 4.90 Å². The Morgan fingerprint density at radius 2 is 2.00 bits per heavy atom. The smallest absolute Gasteiger partial charge is 0.253 e. The SMILES string of the molecule is CN(C)C(=O)c1cc(Cl)nc(N(C)C2CC2)c1. The van der Waals surface area contributed by atoms with Crippen LogP contribution in [-0.2, 0) is 0 Å². The van der Waals surface area contributed by atoms with Crippen LogP contribution >= 0.6 is 11.6 Å². The van der Waals surface area contributed by atoms with Crippen molar-refractivity contribution < 1.29 is 4.79 Å². The van der Waals surface area contributed by atoms with Gasteiger partial charge >= 0.3 is 0 Å². The van der Waals surface area contributed by atoms with Gasteiger partial charge in [0.2, 0.25) is 0 Å². The molecule has 1 aromatic heterocycles. The van der Waals surface area contributed by atoms with E-state index in [-0.39, 0.29) is 5.91 Å². The van der Waals surface area contributed by atoms with Gasteiger partial charge < -0.3 is 9.80 Å². The summed E-state index contributed by atoms with van der Waals surface area (Å²) < 4.78 is 0. The van der Waals surface area contributed by atoms with Crippen molar-refractivity contribution in [3.8, 4) is 0 Å². The first kappa shape index (κ1) is 12.2. The van der Waals surface area contributed by atoms with E-state index in [1.165, 1.54) is 17.7 Å². The summed E-state index contributed by atoms with van der Waals surface area (Å²) in [6, 6.07) is 3.95. The molecule has 1 aliphatic rings. The van der Waals surface area contributed by atoms with Crippen LogP contribution in [0.15, 0.2) is 12.1 Å². The zero-order valence-electron chi connectivity index (χ0n) is 10.3. The Morgan fingerprint density at radius 1 is 1.35 bits per heavy atom. The Hall–Kier alpha value is -1.29. The second-order valence-electron chi connectivity index (χ2n) is 4.58. The predicted octanol–water partition coefficient (Wildman–Crippen LogP) is 2.04. The van der Waals surface area contributed by atoms with Gasteiger partial charge in [-0.15, -0.1) is 0 Å². The molecule has 0 bridgehead atoms. The van der Waals surface area contributed by atoms with Crippen molar-refractivity contribution in [3.05, 3.63) is 22.8 Å². The van der Waals surface area contributed by atoms with Crippen molar-refractivity contribution in [2.75, 3.05) is 26.0 Å². The quantitative estimate of drug-likeness (QED) is 0.774. The highest BCUT2D eigenvalue weighted by molar-refractivity contribution is 6.29. The molecule has 1 amide bonds. The number of pyridine rings is 1. The van der Waals surface area contributed by atoms with E-state index in [2.05, 4.69) is 9.88 Å². The number of carbonyl (C=O) groups excluding carboxylic acids is 1. The van der Waals surface area contributed by atoms with Crippen LogP contribution in [-0.4, -0.2) is 43.0 Å². The number of rotatable bonds is 3. The lowest BCUT2D eigenvalue weighted by molar-refractivity contribution is 0.0827. The van der Waals surface area contributed by atoms with Crippen molar-refractivity contribution in [2.24, 2.45) is 0 Å². The number of anilines is 1. The number of nitrogens with zero attached hydrogens (tertiary/aromatic N) is 3. The summed E-state index contributed by atoms with van der Waals surface area (Å²) in [5, 5.41) is 0.361. The van der Waals surface area contributed by atoms with Gasteiger partial charge in [-0.3, -0.25) is 4.79 Å². The minimum Gasteiger partial charge on any atom is -0.357 e. The third-order valence-electron chi connectivity index (χ3n) is 2.89. The van der Waals surface area contributed by atoms with Gasteiger partial charge in [-0.25, -0.2) is 4.98 Å². The lowest BCUT2D eigenvalue weighted by atomic mass is 10.2. The summed E-state index contributed by atoms with van der Waals surface area (Å²) in [7, 11) is 5.43. The number of carbonyl (C=O) groups is 1. The number of hydrogen-bond donors (Lipinski definition) is 0. The molecule has 0 aliphatic heterocycles. The first-order chi connectivity index (χ1) is 7.99. The van der Waals surface area contributed by atoms with Gasteiger partial charge in [-0.2, -0.15) is 0 Å². The van der Waals surface area contributed by atoms with Gasteiger partial charge in [-0.1, -0.05) is 11.6 Å². The molecule has 1 fully saturated rings. The Bertz CT molecular complexity index is 443. The van der Waals surface area contributed by atoms with Gasteiger partial charge in [0.05, 0.1) is 0 Å². The third-order valence-corrected chi connectivity index (χ3v) is 3.08. The van der Waals surface area contributed by atoms with Crippen molar-refractivity contribution >= 4 is 23.3 Å². The van der Waals surface area contributed by atoms with E-state index in [1.54, 1.807) is 26.2 Å². The molecule has 0 spiro atoms. The first-order valence-electron chi connectivity index (χ1n) is 5.61. The number of amides is 1. The van der Waals surface area contributed by atoms with E-state index in [1.807, 2.05) is 7.05 Å². The maximum Gasteiger partial charge on any atom is 0.253 e. The molecule has 1 saturated carbocycles. The molecule has 1 aliphatic carbocycles. The molecule has 0 atom stereocenters. The summed E-state index contributed by atoms with van der Waals surface area (Å²) in [5.41, 5.74) is 0.581. The lowest BCUT2D eigenvalue weighted by Gasteiger charge is -2.19. The number of halogens is 1. The molecule has 5 heteroatoms. The molecule has 0 aromatic carbocycles. The number of aromatic nitrogens is 1. The van der Waals surface area contributed by atoms with Crippen LogP contribution in [0.1, 0.15) is 23.2 Å². The van der Waals surface area contributed by atoms with Crippen LogP contribution in [0.5, 0.6) is 0 Å². The minimum atomic E-state index is -0.0558. The maximum absolute atomic E-state index is 11.9. The maximum atomic E-state index is 11.9. The van der Waals surface area contributed by atoms with E-state index in [9.17, 15) is 4.79 Å². The second kappa shape index (κ2) is 4.53. The Kier molecular flexibility index (Phi) is 3.24. The minimum absolute atomic E-state index is 0.0558. The summed E-state index contributed by atoms with van der Waals surface area (Å²) >= 11 is 5.96. The number of hydrogen-bond acceptors (Lipinski definition) is 3. The Labute approximate surface area is 106 Å². The highest BCUT2D eigenvalue weighted by Crippen LogP contribution is 2.30. The fraction of sp³-hybridized carbons (Fsp3) is 0.500. The molecule has 1 heterocycles. The fourth-order valence-corrected chi connectivity index (χ4v) is 1.90. The molecule has 4 nitrogen and oxygen atoms in total. The molecule has 92 valence electrons. The van der Waals surface area contributed by atoms with Crippen LogP contribution in [0, 0.1) is 0 Å². The zero-order valence-corrected chi connectivity index (χ0v) is 11.0. The fourth-order valence-electron chi connectivity index (χ4n) is 1.69. The molecule has 0 radical (unpaired) electrons. The highest BCUT2D eigenvalue weighted by atomic mass is 35.5. The van der Waals surface area contributed by atoms with E-state index < -0.39 is 0 Å². The van der Waals surface area contributed by atoms with Crippen molar-refractivity contribution in [2.45, 2.75) is 18.9 Å². The van der Waals surface area contributed by atoms with Gasteiger partial charge in [0.25, 0.3) is 5.91 Å². The summed E-state index contributed by atoms with van der Waals surface area (Å²) in [6.45, 7) is 0. The molecule has 2 rings (SSSR count). The average Bonchev–Trinajstić information content (AvgIpc) is 3.09. The van der Waals surface area contributed by atoms with Crippen LogP contribution in [0.3, 0.4) is 0 Å². The largest absolute Gasteiger partial charge is 0.357 e. The monoisotopic (exact) mass is 253 g/mol. The van der Waals surface area contributed by atoms with Crippen LogP contribution in [0.2, 0.25) is 5.15 Å². The van der Waals surface area contributed by atoms with Gasteiger partial charge in [0, 0.05) is 32.7 Å². The van der Waals surface area contributed by atoms with E-state index >= 15 is 0 Å². The van der Waals surface area contributed by atoms with E-state index in [4.69, 9.17) is 11.6 Å². The van der Waals surface area contributed by atoms with E-state index in [0.29, 0.717) is 16.8 Å². The van der Waals surface area contributed by atoms with Crippen molar-refractivity contribution in [1.82, 2.24) is 9.88 Å². The third kappa shape index (κ3) is 2.69. The molecule has 0 unspecified atom stereocenters. The molecule has 1 aromatic rings.